The first-order valence-corrected chi connectivity index (χ1v) is 13.0. The van der Waals surface area contributed by atoms with Gasteiger partial charge in [-0.2, -0.15) is 10.5 Å². The Hall–Kier alpha value is -4.91. The number of benzene rings is 2. The molecule has 4 aromatic rings. The molecule has 5 rings (SSSR count). The van der Waals surface area contributed by atoms with E-state index in [2.05, 4.69) is 43.2 Å². The summed E-state index contributed by atoms with van der Waals surface area (Å²) in [6, 6.07) is 14.7. The fourth-order valence-electron chi connectivity index (χ4n) is 4.35. The summed E-state index contributed by atoms with van der Waals surface area (Å²) in [4.78, 5) is 16.0. The second kappa shape index (κ2) is 13.4. The monoisotopic (exact) mass is 557 g/mol. The molecule has 0 radical (unpaired) electrons. The Morgan fingerprint density at radius 2 is 1.88 bits per heavy atom. The van der Waals surface area contributed by atoms with Gasteiger partial charge in [-0.3, -0.25) is 0 Å². The van der Waals surface area contributed by atoms with Crippen molar-refractivity contribution in [3.63, 3.8) is 0 Å². The first-order valence-electron chi connectivity index (χ1n) is 13.0. The molecule has 1 saturated heterocycles. The van der Waals surface area contributed by atoms with Gasteiger partial charge in [-0.1, -0.05) is 0 Å². The number of hydrogen-bond acceptors (Lipinski definition) is 10. The summed E-state index contributed by atoms with van der Waals surface area (Å²) < 4.78 is 26.4. The van der Waals surface area contributed by atoms with Crippen LogP contribution in [0.4, 0.5) is 21.6 Å². The number of hydrogen-bond donors (Lipinski definition) is 3. The first kappa shape index (κ1) is 29.1. The molecule has 12 heteroatoms. The van der Waals surface area contributed by atoms with E-state index in [9.17, 15) is 5.26 Å². The summed E-state index contributed by atoms with van der Waals surface area (Å²) in [5.41, 5.74) is 8.15. The van der Waals surface area contributed by atoms with Crippen LogP contribution < -0.4 is 25.4 Å². The zero-order valence-electron chi connectivity index (χ0n) is 23.2. The fraction of sp³-hybridized carbons (Fsp3) is 0.310. The average molecular weight is 558 g/mol. The van der Waals surface area contributed by atoms with Crippen LogP contribution in [0.3, 0.4) is 0 Å². The number of fused-ring (bicyclic) bond motifs is 1. The molecule has 2 aromatic heterocycles. The molecule has 0 spiro atoms. The van der Waals surface area contributed by atoms with Crippen molar-refractivity contribution in [1.29, 1.82) is 10.5 Å². The van der Waals surface area contributed by atoms with Gasteiger partial charge in [0.05, 0.1) is 18.9 Å². The molecular formula is C29H32FN9O2. The summed E-state index contributed by atoms with van der Waals surface area (Å²) >= 11 is 0. The molecule has 1 aliphatic heterocycles. The number of nitrogens with two attached hydrogens (primary N) is 1. The van der Waals surface area contributed by atoms with Crippen LogP contribution in [-0.2, 0) is 0 Å². The van der Waals surface area contributed by atoms with Gasteiger partial charge >= 0.3 is 0 Å². The smallest absolute Gasteiger partial charge is 0.242 e. The highest BCUT2D eigenvalue weighted by molar-refractivity contribution is 5.83. The van der Waals surface area contributed by atoms with Gasteiger partial charge < -0.3 is 35.3 Å². The number of piperazine rings is 1. The molecule has 2 aromatic carbocycles. The normalized spacial score (nSPS) is 13.1. The fourth-order valence-corrected chi connectivity index (χ4v) is 4.35. The zero-order valence-corrected chi connectivity index (χ0v) is 23.2. The largest absolute Gasteiger partial charge is 0.494 e. The van der Waals surface area contributed by atoms with E-state index in [-0.39, 0.29) is 23.0 Å². The number of nitriles is 2. The van der Waals surface area contributed by atoms with Gasteiger partial charge in [0, 0.05) is 67.5 Å². The highest BCUT2D eigenvalue weighted by Crippen LogP contribution is 2.36. The molecule has 212 valence electrons. The number of anilines is 3. The Kier molecular flexibility index (Phi) is 9.53. The lowest BCUT2D eigenvalue weighted by Crippen LogP contribution is -2.44. The third-order valence-corrected chi connectivity index (χ3v) is 6.53. The third-order valence-electron chi connectivity index (χ3n) is 6.53. The van der Waals surface area contributed by atoms with E-state index >= 15 is 4.39 Å². The van der Waals surface area contributed by atoms with Crippen molar-refractivity contribution >= 4 is 28.1 Å². The quantitative estimate of drug-likeness (QED) is 0.297. The van der Waals surface area contributed by atoms with Crippen LogP contribution in [-0.4, -0.2) is 66.7 Å². The van der Waals surface area contributed by atoms with Gasteiger partial charge in [0.25, 0.3) is 0 Å². The van der Waals surface area contributed by atoms with E-state index in [4.69, 9.17) is 20.5 Å². The third kappa shape index (κ3) is 6.81. The van der Waals surface area contributed by atoms with Crippen LogP contribution in [0.25, 0.3) is 10.9 Å². The lowest BCUT2D eigenvalue weighted by atomic mass is 10.2. The van der Waals surface area contributed by atoms with Gasteiger partial charge in [-0.15, -0.1) is 0 Å². The van der Waals surface area contributed by atoms with Crippen LogP contribution in [0.15, 0.2) is 42.7 Å². The summed E-state index contributed by atoms with van der Waals surface area (Å²) in [5.74, 6) is 0.225. The van der Waals surface area contributed by atoms with Gasteiger partial charge in [0.2, 0.25) is 5.88 Å². The number of aromatic nitrogens is 3. The molecule has 0 saturated carbocycles. The minimum absolute atomic E-state index is 0.0308. The van der Waals surface area contributed by atoms with Crippen LogP contribution in [0.2, 0.25) is 0 Å². The number of aryl methyl sites for hydroxylation is 1. The van der Waals surface area contributed by atoms with Crippen molar-refractivity contribution in [3.8, 4) is 29.5 Å². The number of methoxy groups -OCH3 is 1. The summed E-state index contributed by atoms with van der Waals surface area (Å²) in [5, 5.41) is 21.2. The predicted octanol–water partition coefficient (Wildman–Crippen LogP) is 4.43. The lowest BCUT2D eigenvalue weighted by molar-refractivity contribution is 0.312. The molecule has 41 heavy (non-hydrogen) atoms. The maximum absolute atomic E-state index is 15.1. The molecule has 11 nitrogen and oxygen atoms in total. The molecular weight excluding hydrogens is 525 g/mol. The molecule has 0 atom stereocenters. The van der Waals surface area contributed by atoms with Crippen molar-refractivity contribution in [1.82, 2.24) is 19.9 Å². The SMILES string of the molecule is COc1cc(N2CCN(C)CC2)ccc1Nc1ncnc(Oc2ccc3[nH]c(C)cc3c2F)c1C#N.N#CCCN. The van der Waals surface area contributed by atoms with Crippen molar-refractivity contribution < 1.29 is 13.9 Å². The van der Waals surface area contributed by atoms with Crippen molar-refractivity contribution in [2.75, 3.05) is 57.1 Å². The second-order valence-electron chi connectivity index (χ2n) is 9.40. The number of rotatable bonds is 7. The number of halogens is 1. The molecule has 0 unspecified atom stereocenters. The summed E-state index contributed by atoms with van der Waals surface area (Å²) in [6.07, 6.45) is 1.74. The van der Waals surface area contributed by atoms with E-state index in [1.165, 1.54) is 12.4 Å². The number of likely N-dealkylation sites (N-methyl/N-ethyl adjacent to an activating group) is 1. The first-order chi connectivity index (χ1) is 19.9. The molecule has 1 aliphatic rings. The molecule has 3 heterocycles. The highest BCUT2D eigenvalue weighted by atomic mass is 19.1. The molecule has 0 bridgehead atoms. The van der Waals surface area contributed by atoms with Gasteiger partial charge in [0.1, 0.15) is 18.1 Å². The van der Waals surface area contributed by atoms with Crippen molar-refractivity contribution in [3.05, 3.63) is 59.8 Å². The van der Waals surface area contributed by atoms with Crippen LogP contribution >= 0.6 is 0 Å². The van der Waals surface area contributed by atoms with Crippen molar-refractivity contribution in [2.24, 2.45) is 5.73 Å². The number of nitrogens with one attached hydrogen (secondary N) is 2. The Morgan fingerprint density at radius 3 is 2.54 bits per heavy atom. The Bertz CT molecular complexity index is 1580. The topological polar surface area (TPSA) is 152 Å². The van der Waals surface area contributed by atoms with E-state index in [1.807, 2.05) is 31.2 Å². The zero-order chi connectivity index (χ0) is 29.4. The van der Waals surface area contributed by atoms with Crippen molar-refractivity contribution in [2.45, 2.75) is 13.3 Å². The van der Waals surface area contributed by atoms with Crippen LogP contribution in [0.5, 0.6) is 17.4 Å². The second-order valence-corrected chi connectivity index (χ2v) is 9.40. The number of nitrogens with zero attached hydrogens (tertiary/aromatic N) is 6. The molecule has 4 N–H and O–H groups in total. The minimum atomic E-state index is -0.532. The van der Waals surface area contributed by atoms with Gasteiger partial charge in [-0.05, 0) is 44.3 Å². The van der Waals surface area contributed by atoms with Crippen LogP contribution in [0.1, 0.15) is 17.7 Å². The minimum Gasteiger partial charge on any atom is -0.494 e. The standard InChI is InChI=1S/C26H26FN7O2.C3H6N2/c1-16-12-18-20(31-16)6-7-22(24(18)27)36-26-19(14-28)25(29-15-30-26)32-21-5-4-17(13-23(21)35-3)34-10-8-33(2)9-11-34;4-2-1-3-5/h4-7,12-13,15,31H,8-11H2,1-3H3,(H,29,30,32);1-2,4H2. The maximum atomic E-state index is 15.1. The van der Waals surface area contributed by atoms with E-state index in [1.54, 1.807) is 19.2 Å². The number of H-pyrrole nitrogens is 1. The Labute approximate surface area is 237 Å². The Balaban J connectivity index is 0.000000714. The molecule has 0 aliphatic carbocycles. The maximum Gasteiger partial charge on any atom is 0.242 e. The highest BCUT2D eigenvalue weighted by Gasteiger charge is 2.20. The van der Waals surface area contributed by atoms with Gasteiger partial charge in [-0.25, -0.2) is 14.4 Å². The molecule has 0 amide bonds. The molecule has 1 fully saturated rings. The van der Waals surface area contributed by atoms with Gasteiger partial charge in [0.15, 0.2) is 22.9 Å². The summed E-state index contributed by atoms with van der Waals surface area (Å²) in [7, 11) is 3.71. The van der Waals surface area contributed by atoms with E-state index < -0.39 is 5.82 Å². The Morgan fingerprint density at radius 1 is 1.10 bits per heavy atom. The summed E-state index contributed by atoms with van der Waals surface area (Å²) in [6.45, 7) is 6.19. The van der Waals surface area contributed by atoms with Crippen LogP contribution in [0, 0.1) is 35.4 Å². The predicted molar refractivity (Wildman–Crippen MR) is 155 cm³/mol. The lowest BCUT2D eigenvalue weighted by Gasteiger charge is -2.34. The number of aromatic amines is 1. The van der Waals surface area contributed by atoms with E-state index in [0.29, 0.717) is 35.3 Å². The average Bonchev–Trinajstić information content (AvgIpc) is 3.37. The number of ether oxygens (including phenoxy) is 2. The van der Waals surface area contributed by atoms with E-state index in [0.717, 1.165) is 37.6 Å².